The lowest BCUT2D eigenvalue weighted by atomic mass is 10.1. The maximum absolute atomic E-state index is 11.1. The molecule has 1 unspecified atom stereocenters. The maximum Gasteiger partial charge on any atom is 0.313 e. The van der Waals surface area contributed by atoms with Gasteiger partial charge in [0.05, 0.1) is 4.34 Å². The molecular formula is C10H12ClNO2S. The van der Waals surface area contributed by atoms with Gasteiger partial charge >= 0.3 is 5.97 Å². The van der Waals surface area contributed by atoms with E-state index in [-0.39, 0.29) is 0 Å². The van der Waals surface area contributed by atoms with Crippen LogP contribution in [0.25, 0.3) is 0 Å². The molecule has 1 aliphatic rings. The minimum Gasteiger partial charge on any atom is -0.481 e. The third kappa shape index (κ3) is 2.93. The van der Waals surface area contributed by atoms with E-state index < -0.39 is 11.9 Å². The number of thiophene rings is 1. The summed E-state index contributed by atoms with van der Waals surface area (Å²) >= 11 is 7.13. The smallest absolute Gasteiger partial charge is 0.313 e. The first-order chi connectivity index (χ1) is 7.16. The van der Waals surface area contributed by atoms with Gasteiger partial charge in [0.2, 0.25) is 0 Å². The standard InChI is InChI=1S/C10H12ClNO2S/c11-9-4-3-8(15-9)7(10(13)14)5-12-6-1-2-6/h3-4,6-7,12H,1-2,5H2,(H,13,14). The Hall–Kier alpha value is -0.580. The fraction of sp³-hybridized carbons (Fsp3) is 0.500. The molecule has 2 N–H and O–H groups in total. The Morgan fingerprint density at radius 1 is 1.67 bits per heavy atom. The first kappa shape index (κ1) is 10.9. The predicted octanol–water partition coefficient (Wildman–Crippen LogP) is 2.32. The molecule has 1 saturated carbocycles. The van der Waals surface area contributed by atoms with E-state index in [1.54, 1.807) is 12.1 Å². The van der Waals surface area contributed by atoms with Gasteiger partial charge in [-0.1, -0.05) is 11.6 Å². The van der Waals surface area contributed by atoms with Gasteiger partial charge in [-0.2, -0.15) is 0 Å². The van der Waals surface area contributed by atoms with Crippen LogP contribution in [0.1, 0.15) is 23.6 Å². The molecule has 1 aromatic rings. The van der Waals surface area contributed by atoms with E-state index in [9.17, 15) is 4.79 Å². The number of carbonyl (C=O) groups is 1. The van der Waals surface area contributed by atoms with E-state index in [0.29, 0.717) is 16.9 Å². The first-order valence-corrected chi connectivity index (χ1v) is 6.07. The van der Waals surface area contributed by atoms with Crippen molar-refractivity contribution in [3.63, 3.8) is 0 Å². The molecular weight excluding hydrogens is 234 g/mol. The molecule has 5 heteroatoms. The van der Waals surface area contributed by atoms with Gasteiger partial charge < -0.3 is 10.4 Å². The van der Waals surface area contributed by atoms with E-state index in [4.69, 9.17) is 16.7 Å². The Bertz CT molecular complexity index is 362. The summed E-state index contributed by atoms with van der Waals surface area (Å²) in [6.45, 7) is 0.497. The predicted molar refractivity (Wildman–Crippen MR) is 60.7 cm³/mol. The summed E-state index contributed by atoms with van der Waals surface area (Å²) in [5.41, 5.74) is 0. The van der Waals surface area contributed by atoms with E-state index in [1.807, 2.05) is 0 Å². The second-order valence-corrected chi connectivity index (χ2v) is 5.46. The fourth-order valence-electron chi connectivity index (χ4n) is 1.40. The van der Waals surface area contributed by atoms with Crippen molar-refractivity contribution < 1.29 is 9.90 Å². The summed E-state index contributed by atoms with van der Waals surface area (Å²) < 4.78 is 0.641. The Morgan fingerprint density at radius 3 is 2.87 bits per heavy atom. The molecule has 0 spiro atoms. The molecule has 1 aromatic heterocycles. The number of aliphatic carboxylic acids is 1. The minimum absolute atomic E-state index is 0.469. The molecule has 0 amide bonds. The molecule has 0 bridgehead atoms. The molecule has 0 aromatic carbocycles. The highest BCUT2D eigenvalue weighted by atomic mass is 35.5. The Morgan fingerprint density at radius 2 is 2.40 bits per heavy atom. The monoisotopic (exact) mass is 245 g/mol. The van der Waals surface area contributed by atoms with Crippen molar-refractivity contribution in [1.82, 2.24) is 5.32 Å². The summed E-state index contributed by atoms with van der Waals surface area (Å²) in [6, 6.07) is 4.07. The van der Waals surface area contributed by atoms with Crippen molar-refractivity contribution in [2.45, 2.75) is 24.8 Å². The van der Waals surface area contributed by atoms with Crippen molar-refractivity contribution in [2.24, 2.45) is 0 Å². The SMILES string of the molecule is O=C(O)C(CNC1CC1)c1ccc(Cl)s1. The highest BCUT2D eigenvalue weighted by Gasteiger charge is 2.26. The molecule has 1 fully saturated rings. The highest BCUT2D eigenvalue weighted by molar-refractivity contribution is 7.16. The Labute approximate surface area is 97.1 Å². The summed E-state index contributed by atoms with van der Waals surface area (Å²) in [5, 5.41) is 12.3. The van der Waals surface area contributed by atoms with Gasteiger partial charge in [0.25, 0.3) is 0 Å². The summed E-state index contributed by atoms with van der Waals surface area (Å²) in [4.78, 5) is 11.9. The number of rotatable bonds is 5. The van der Waals surface area contributed by atoms with Crippen LogP contribution in [0.2, 0.25) is 4.34 Å². The number of nitrogens with one attached hydrogen (secondary N) is 1. The van der Waals surface area contributed by atoms with Gasteiger partial charge in [0.15, 0.2) is 0 Å². The molecule has 3 nitrogen and oxygen atoms in total. The summed E-state index contributed by atoms with van der Waals surface area (Å²) in [7, 11) is 0. The Kier molecular flexibility index (Phi) is 3.29. The number of hydrogen-bond acceptors (Lipinski definition) is 3. The second-order valence-electron chi connectivity index (χ2n) is 3.72. The summed E-state index contributed by atoms with van der Waals surface area (Å²) in [5.74, 6) is -1.26. The highest BCUT2D eigenvalue weighted by Crippen LogP contribution is 2.29. The molecule has 0 aliphatic heterocycles. The Balaban J connectivity index is 2.01. The zero-order valence-electron chi connectivity index (χ0n) is 8.07. The van der Waals surface area contributed by atoms with Gasteiger partial charge in [-0.15, -0.1) is 11.3 Å². The van der Waals surface area contributed by atoms with Crippen LogP contribution >= 0.6 is 22.9 Å². The number of carboxylic acid groups (broad SMARTS) is 1. The third-order valence-electron chi connectivity index (χ3n) is 2.42. The average molecular weight is 246 g/mol. The lowest BCUT2D eigenvalue weighted by Crippen LogP contribution is -2.27. The number of carboxylic acids is 1. The van der Waals surface area contributed by atoms with Crippen LogP contribution < -0.4 is 5.32 Å². The van der Waals surface area contributed by atoms with Crippen LogP contribution in [0.15, 0.2) is 12.1 Å². The molecule has 0 saturated heterocycles. The normalized spacial score (nSPS) is 17.7. The average Bonchev–Trinajstić information content (AvgIpc) is 2.89. The van der Waals surface area contributed by atoms with Crippen LogP contribution in [-0.2, 0) is 4.79 Å². The lowest BCUT2D eigenvalue weighted by Gasteiger charge is -2.10. The van der Waals surface area contributed by atoms with Crippen LogP contribution in [0.5, 0.6) is 0 Å². The molecule has 15 heavy (non-hydrogen) atoms. The van der Waals surface area contributed by atoms with Gasteiger partial charge in [-0.05, 0) is 25.0 Å². The first-order valence-electron chi connectivity index (χ1n) is 4.88. The molecule has 82 valence electrons. The largest absolute Gasteiger partial charge is 0.481 e. The second kappa shape index (κ2) is 4.51. The number of halogens is 1. The third-order valence-corrected chi connectivity index (χ3v) is 3.77. The van der Waals surface area contributed by atoms with E-state index in [2.05, 4.69) is 5.32 Å². The van der Waals surface area contributed by atoms with Crippen LogP contribution in [0, 0.1) is 0 Å². The summed E-state index contributed by atoms with van der Waals surface area (Å²) in [6.07, 6.45) is 2.33. The van der Waals surface area contributed by atoms with Gasteiger partial charge in [0, 0.05) is 17.5 Å². The van der Waals surface area contributed by atoms with Gasteiger partial charge in [-0.25, -0.2) is 0 Å². The van der Waals surface area contributed by atoms with Crippen molar-refractivity contribution in [3.8, 4) is 0 Å². The van der Waals surface area contributed by atoms with Crippen LogP contribution in [-0.4, -0.2) is 23.7 Å². The fourth-order valence-corrected chi connectivity index (χ4v) is 2.55. The maximum atomic E-state index is 11.1. The van der Waals surface area contributed by atoms with Gasteiger partial charge in [0.1, 0.15) is 5.92 Å². The van der Waals surface area contributed by atoms with Gasteiger partial charge in [-0.3, -0.25) is 4.79 Å². The van der Waals surface area contributed by atoms with Crippen molar-refractivity contribution in [3.05, 3.63) is 21.3 Å². The molecule has 2 rings (SSSR count). The minimum atomic E-state index is -0.790. The molecule has 1 aliphatic carbocycles. The van der Waals surface area contributed by atoms with Crippen molar-refractivity contribution in [2.75, 3.05) is 6.54 Å². The molecule has 1 heterocycles. The van der Waals surface area contributed by atoms with Crippen molar-refractivity contribution >= 4 is 28.9 Å². The quantitative estimate of drug-likeness (QED) is 0.837. The zero-order valence-corrected chi connectivity index (χ0v) is 9.64. The van der Waals surface area contributed by atoms with Crippen LogP contribution in [0.4, 0.5) is 0 Å². The zero-order chi connectivity index (χ0) is 10.8. The number of hydrogen-bond donors (Lipinski definition) is 2. The van der Waals surface area contributed by atoms with Crippen molar-refractivity contribution in [1.29, 1.82) is 0 Å². The van der Waals surface area contributed by atoms with E-state index in [0.717, 1.165) is 17.7 Å². The molecule has 0 radical (unpaired) electrons. The molecule has 1 atom stereocenters. The van der Waals surface area contributed by atoms with E-state index in [1.165, 1.54) is 11.3 Å². The lowest BCUT2D eigenvalue weighted by molar-refractivity contribution is -0.138. The van der Waals surface area contributed by atoms with Crippen LogP contribution in [0.3, 0.4) is 0 Å². The van der Waals surface area contributed by atoms with E-state index >= 15 is 0 Å². The topological polar surface area (TPSA) is 49.3 Å².